The molecule has 0 bridgehead atoms. The van der Waals surface area contributed by atoms with Crippen LogP contribution in [0.25, 0.3) is 0 Å². The van der Waals surface area contributed by atoms with Crippen LogP contribution in [0, 0.1) is 12.8 Å². The summed E-state index contributed by atoms with van der Waals surface area (Å²) in [6, 6.07) is 6.38. The van der Waals surface area contributed by atoms with Crippen molar-refractivity contribution in [3.63, 3.8) is 0 Å². The van der Waals surface area contributed by atoms with Crippen LogP contribution in [0.1, 0.15) is 55.5 Å². The van der Waals surface area contributed by atoms with Crippen LogP contribution in [-0.4, -0.2) is 46.8 Å². The van der Waals surface area contributed by atoms with Gasteiger partial charge in [0.05, 0.1) is 0 Å². The highest BCUT2D eigenvalue weighted by molar-refractivity contribution is 6.09. The second-order valence-corrected chi connectivity index (χ2v) is 7.80. The van der Waals surface area contributed by atoms with E-state index in [4.69, 9.17) is 4.74 Å². The Kier molecular flexibility index (Phi) is 5.54. The van der Waals surface area contributed by atoms with Gasteiger partial charge < -0.3 is 10.1 Å². The molecule has 1 aliphatic heterocycles. The number of ketones is 1. The van der Waals surface area contributed by atoms with Gasteiger partial charge in [-0.2, -0.15) is 0 Å². The van der Waals surface area contributed by atoms with Crippen molar-refractivity contribution in [3.05, 3.63) is 35.4 Å². The maximum absolute atomic E-state index is 12.9. The van der Waals surface area contributed by atoms with Gasteiger partial charge in [0.15, 0.2) is 6.10 Å². The molecule has 1 saturated carbocycles. The average Bonchev–Trinajstić information content (AvgIpc) is 2.89. The van der Waals surface area contributed by atoms with Gasteiger partial charge in [-0.3, -0.25) is 19.3 Å². The number of amides is 3. The van der Waals surface area contributed by atoms with Gasteiger partial charge in [0.25, 0.3) is 5.91 Å². The van der Waals surface area contributed by atoms with Gasteiger partial charge in [0, 0.05) is 5.56 Å². The number of carbonyl (C=O) groups excluding carboxylic acids is 4. The van der Waals surface area contributed by atoms with Crippen LogP contribution in [0.3, 0.4) is 0 Å². The highest BCUT2D eigenvalue weighted by Crippen LogP contribution is 2.38. The molecule has 1 spiro atoms. The summed E-state index contributed by atoms with van der Waals surface area (Å²) in [5.74, 6) is -1.47. The third kappa shape index (κ3) is 3.66. The van der Waals surface area contributed by atoms with E-state index >= 15 is 0 Å². The zero-order chi connectivity index (χ0) is 20.5. The van der Waals surface area contributed by atoms with E-state index in [0.29, 0.717) is 12.0 Å². The quantitative estimate of drug-likeness (QED) is 0.477. The first-order chi connectivity index (χ1) is 13.2. The minimum Gasteiger partial charge on any atom is -0.453 e. The molecule has 3 amide bonds. The van der Waals surface area contributed by atoms with Crippen LogP contribution in [0.15, 0.2) is 24.3 Å². The van der Waals surface area contributed by atoms with E-state index in [1.165, 1.54) is 6.92 Å². The summed E-state index contributed by atoms with van der Waals surface area (Å²) >= 11 is 0. The van der Waals surface area contributed by atoms with Crippen molar-refractivity contribution in [2.75, 3.05) is 6.54 Å². The molecule has 1 aliphatic carbocycles. The Bertz CT molecular complexity index is 804. The number of urea groups is 1. The van der Waals surface area contributed by atoms with Crippen molar-refractivity contribution in [3.8, 4) is 0 Å². The fraction of sp³-hybridized carbons (Fsp3) is 0.524. The first-order valence-electron chi connectivity index (χ1n) is 9.69. The van der Waals surface area contributed by atoms with Crippen molar-refractivity contribution >= 4 is 23.7 Å². The summed E-state index contributed by atoms with van der Waals surface area (Å²) in [5, 5.41) is 2.79. The molecule has 2 fully saturated rings. The van der Waals surface area contributed by atoms with Gasteiger partial charge in [-0.25, -0.2) is 4.79 Å². The number of hydrogen-bond donors (Lipinski definition) is 1. The van der Waals surface area contributed by atoms with E-state index in [-0.39, 0.29) is 17.6 Å². The molecule has 2 aliphatic rings. The Labute approximate surface area is 164 Å². The number of aryl methyl sites for hydroxylation is 1. The third-order valence-electron chi connectivity index (χ3n) is 5.80. The van der Waals surface area contributed by atoms with Gasteiger partial charge in [-0.1, -0.05) is 49.6 Å². The van der Waals surface area contributed by atoms with Crippen molar-refractivity contribution in [2.45, 2.75) is 58.1 Å². The highest BCUT2D eigenvalue weighted by atomic mass is 16.5. The smallest absolute Gasteiger partial charge is 0.326 e. The van der Waals surface area contributed by atoms with E-state index in [1.54, 1.807) is 24.3 Å². The van der Waals surface area contributed by atoms with Crippen molar-refractivity contribution in [2.24, 2.45) is 5.92 Å². The third-order valence-corrected chi connectivity index (χ3v) is 5.80. The molecule has 0 aromatic heterocycles. The van der Waals surface area contributed by atoms with Crippen LogP contribution in [0.4, 0.5) is 4.79 Å². The summed E-state index contributed by atoms with van der Waals surface area (Å²) < 4.78 is 5.20. The molecule has 7 nitrogen and oxygen atoms in total. The van der Waals surface area contributed by atoms with E-state index in [1.807, 2.05) is 13.8 Å². The maximum Gasteiger partial charge on any atom is 0.326 e. The monoisotopic (exact) mass is 386 g/mol. The van der Waals surface area contributed by atoms with Crippen molar-refractivity contribution in [1.82, 2.24) is 10.2 Å². The fourth-order valence-corrected chi connectivity index (χ4v) is 4.01. The largest absolute Gasteiger partial charge is 0.453 e. The molecule has 3 rings (SSSR count). The Morgan fingerprint density at radius 3 is 2.57 bits per heavy atom. The minimum absolute atomic E-state index is 0.0146. The zero-order valence-corrected chi connectivity index (χ0v) is 16.5. The Morgan fingerprint density at radius 2 is 1.93 bits per heavy atom. The molecule has 28 heavy (non-hydrogen) atoms. The van der Waals surface area contributed by atoms with Crippen LogP contribution in [0.5, 0.6) is 0 Å². The SMILES string of the molecule is Cc1ccc(C(=O)[C@H](C)OC(=O)CN2C(=O)N[C@]3(CCCC[C@@H]3C)C2=O)cc1. The molecule has 1 heterocycles. The fourth-order valence-electron chi connectivity index (χ4n) is 4.01. The van der Waals surface area contributed by atoms with E-state index in [2.05, 4.69) is 5.32 Å². The number of carbonyl (C=O) groups is 4. The predicted octanol–water partition coefficient (Wildman–Crippen LogP) is 2.61. The normalized spacial score (nSPS) is 25.5. The van der Waals surface area contributed by atoms with E-state index in [0.717, 1.165) is 29.7 Å². The first-order valence-corrected chi connectivity index (χ1v) is 9.69. The van der Waals surface area contributed by atoms with Crippen molar-refractivity contribution in [1.29, 1.82) is 0 Å². The molecular weight excluding hydrogens is 360 g/mol. The van der Waals surface area contributed by atoms with Crippen molar-refractivity contribution < 1.29 is 23.9 Å². The molecular formula is C21H26N2O5. The molecule has 1 saturated heterocycles. The summed E-state index contributed by atoms with van der Waals surface area (Å²) in [7, 11) is 0. The highest BCUT2D eigenvalue weighted by Gasteiger charge is 2.55. The molecule has 0 unspecified atom stereocenters. The summed E-state index contributed by atoms with van der Waals surface area (Å²) in [4.78, 5) is 50.8. The summed E-state index contributed by atoms with van der Waals surface area (Å²) in [6.07, 6.45) is 2.31. The van der Waals surface area contributed by atoms with Gasteiger partial charge in [0.1, 0.15) is 12.1 Å². The average molecular weight is 386 g/mol. The second-order valence-electron chi connectivity index (χ2n) is 7.80. The standard InChI is InChI=1S/C21H26N2O5/c1-13-7-9-16(10-8-13)18(25)15(3)28-17(24)12-23-19(26)21(22-20(23)27)11-5-4-6-14(21)2/h7-10,14-15H,4-6,11-12H2,1-3H3,(H,22,27)/t14-,15-,21-/m0/s1. The Balaban J connectivity index is 1.62. The van der Waals surface area contributed by atoms with Gasteiger partial charge in [-0.15, -0.1) is 0 Å². The lowest BCUT2D eigenvalue weighted by atomic mass is 9.73. The summed E-state index contributed by atoms with van der Waals surface area (Å²) in [6.45, 7) is 4.85. The van der Waals surface area contributed by atoms with Gasteiger partial charge in [-0.05, 0) is 32.6 Å². The van der Waals surface area contributed by atoms with Crippen LogP contribution < -0.4 is 5.32 Å². The molecule has 7 heteroatoms. The van der Waals surface area contributed by atoms with Crippen LogP contribution in [0.2, 0.25) is 0 Å². The summed E-state index contributed by atoms with van der Waals surface area (Å²) in [5.41, 5.74) is 0.542. The van der Waals surface area contributed by atoms with Crippen LogP contribution >= 0.6 is 0 Å². The van der Waals surface area contributed by atoms with E-state index in [9.17, 15) is 19.2 Å². The Morgan fingerprint density at radius 1 is 1.25 bits per heavy atom. The number of esters is 1. The maximum atomic E-state index is 12.9. The molecule has 0 radical (unpaired) electrons. The number of nitrogens with zero attached hydrogens (tertiary/aromatic N) is 1. The topological polar surface area (TPSA) is 92.8 Å². The van der Waals surface area contributed by atoms with E-state index < -0.39 is 30.2 Å². The number of Topliss-reactive ketones (excluding diaryl/α,β-unsaturated/α-hetero) is 1. The lowest BCUT2D eigenvalue weighted by Gasteiger charge is -2.36. The number of benzene rings is 1. The number of ether oxygens (including phenoxy) is 1. The molecule has 1 aromatic carbocycles. The first kappa shape index (κ1) is 20.0. The Hall–Kier alpha value is -2.70. The number of imide groups is 1. The van der Waals surface area contributed by atoms with Gasteiger partial charge in [0.2, 0.25) is 5.78 Å². The predicted molar refractivity (Wildman–Crippen MR) is 102 cm³/mol. The zero-order valence-electron chi connectivity index (χ0n) is 16.5. The molecule has 150 valence electrons. The van der Waals surface area contributed by atoms with Crippen LogP contribution in [-0.2, 0) is 14.3 Å². The lowest BCUT2D eigenvalue weighted by Crippen LogP contribution is -2.54. The molecule has 1 N–H and O–H groups in total. The number of rotatable bonds is 5. The molecule has 1 aromatic rings. The molecule has 3 atom stereocenters. The number of nitrogens with one attached hydrogen (secondary N) is 1. The second kappa shape index (κ2) is 7.73. The number of hydrogen-bond acceptors (Lipinski definition) is 5. The lowest BCUT2D eigenvalue weighted by molar-refractivity contribution is -0.150. The minimum atomic E-state index is -1.00. The van der Waals surface area contributed by atoms with Gasteiger partial charge >= 0.3 is 12.0 Å².